The number of carbonyl (C=O) groups is 2. The molecule has 1 fully saturated rings. The summed E-state index contributed by atoms with van der Waals surface area (Å²) in [5.74, 6) is 0.0998. The van der Waals surface area contributed by atoms with Crippen molar-refractivity contribution in [3.05, 3.63) is 0 Å². The molecule has 1 heterocycles. The Morgan fingerprint density at radius 3 is 2.78 bits per heavy atom. The average Bonchev–Trinajstić information content (AvgIpc) is 2.18. The minimum Gasteiger partial charge on any atom is -0.444 e. The fraction of sp³-hybridized carbons (Fsp3) is 0.846. The molecular weight excluding hydrogens is 232 g/mol. The molecule has 18 heavy (non-hydrogen) atoms. The van der Waals surface area contributed by atoms with Crippen LogP contribution in [0.2, 0.25) is 0 Å². The van der Waals surface area contributed by atoms with Gasteiger partial charge in [-0.3, -0.25) is 4.79 Å². The maximum atomic E-state index is 11.6. The summed E-state index contributed by atoms with van der Waals surface area (Å²) < 4.78 is 5.17. The van der Waals surface area contributed by atoms with Gasteiger partial charge in [0.15, 0.2) is 0 Å². The van der Waals surface area contributed by atoms with Gasteiger partial charge < -0.3 is 15.4 Å². The van der Waals surface area contributed by atoms with E-state index >= 15 is 0 Å². The quantitative estimate of drug-likeness (QED) is 0.809. The summed E-state index contributed by atoms with van der Waals surface area (Å²) in [7, 11) is 0. The zero-order valence-electron chi connectivity index (χ0n) is 11.7. The first kappa shape index (κ1) is 14.8. The van der Waals surface area contributed by atoms with Crippen molar-refractivity contribution in [2.45, 2.75) is 58.6 Å². The van der Waals surface area contributed by atoms with Crippen LogP contribution in [0.25, 0.3) is 0 Å². The second kappa shape index (κ2) is 6.07. The third-order valence-corrected chi connectivity index (χ3v) is 2.80. The van der Waals surface area contributed by atoms with Crippen LogP contribution in [0.15, 0.2) is 0 Å². The summed E-state index contributed by atoms with van der Waals surface area (Å²) >= 11 is 0. The summed E-state index contributed by atoms with van der Waals surface area (Å²) in [4.78, 5) is 23.1. The molecule has 0 saturated carbocycles. The van der Waals surface area contributed by atoms with E-state index < -0.39 is 11.7 Å². The number of piperidine rings is 1. The Labute approximate surface area is 109 Å². The highest BCUT2D eigenvalue weighted by atomic mass is 16.6. The first-order valence-electron chi connectivity index (χ1n) is 6.55. The van der Waals surface area contributed by atoms with Crippen LogP contribution >= 0.6 is 0 Å². The molecule has 0 radical (unpaired) electrons. The molecule has 1 saturated heterocycles. The largest absolute Gasteiger partial charge is 0.444 e. The van der Waals surface area contributed by atoms with E-state index in [9.17, 15) is 9.59 Å². The maximum absolute atomic E-state index is 11.6. The molecule has 0 spiro atoms. The second-order valence-corrected chi connectivity index (χ2v) is 5.91. The van der Waals surface area contributed by atoms with Gasteiger partial charge in [-0.15, -0.1) is 0 Å². The summed E-state index contributed by atoms with van der Waals surface area (Å²) in [6, 6.07) is -0.0614. The van der Waals surface area contributed by atoms with Gasteiger partial charge in [0.05, 0.1) is 0 Å². The van der Waals surface area contributed by atoms with Crippen LogP contribution in [0.4, 0.5) is 4.79 Å². The molecule has 2 amide bonds. The molecule has 5 nitrogen and oxygen atoms in total. The number of ether oxygens (including phenoxy) is 1. The van der Waals surface area contributed by atoms with Gasteiger partial charge in [0.1, 0.15) is 5.60 Å². The molecule has 2 unspecified atom stereocenters. The van der Waals surface area contributed by atoms with Gasteiger partial charge in [0.25, 0.3) is 0 Å². The topological polar surface area (TPSA) is 67.4 Å². The molecule has 1 rings (SSSR count). The van der Waals surface area contributed by atoms with Crippen molar-refractivity contribution < 1.29 is 14.3 Å². The number of carbonyl (C=O) groups excluding carboxylic acids is 2. The fourth-order valence-corrected chi connectivity index (χ4v) is 2.05. The Kier molecular flexibility index (Phi) is 4.99. The van der Waals surface area contributed by atoms with Crippen molar-refractivity contribution in [2.75, 3.05) is 6.54 Å². The minimum absolute atomic E-state index is 0.00341. The number of rotatable bonds is 3. The SMILES string of the molecule is CC(CC1CCCNC1=O)NC(=O)OC(C)(C)C. The molecule has 104 valence electrons. The number of hydrogen-bond donors (Lipinski definition) is 2. The Balaban J connectivity index is 2.34. The lowest BCUT2D eigenvalue weighted by Crippen LogP contribution is -2.42. The van der Waals surface area contributed by atoms with Gasteiger partial charge in [-0.25, -0.2) is 4.79 Å². The minimum atomic E-state index is -0.494. The van der Waals surface area contributed by atoms with E-state index in [-0.39, 0.29) is 17.9 Å². The summed E-state index contributed by atoms with van der Waals surface area (Å²) in [5.41, 5.74) is -0.494. The van der Waals surface area contributed by atoms with E-state index in [2.05, 4.69) is 10.6 Å². The molecule has 2 N–H and O–H groups in total. The van der Waals surface area contributed by atoms with E-state index in [1.54, 1.807) is 0 Å². The van der Waals surface area contributed by atoms with Gasteiger partial charge in [0.2, 0.25) is 5.91 Å². The van der Waals surface area contributed by atoms with Crippen LogP contribution in [0, 0.1) is 5.92 Å². The van der Waals surface area contributed by atoms with Gasteiger partial charge in [0, 0.05) is 18.5 Å². The maximum Gasteiger partial charge on any atom is 0.407 e. The van der Waals surface area contributed by atoms with E-state index in [1.165, 1.54) is 0 Å². The molecule has 2 atom stereocenters. The van der Waals surface area contributed by atoms with Gasteiger partial charge in [-0.05, 0) is 47.0 Å². The molecule has 1 aliphatic heterocycles. The molecule has 0 aliphatic carbocycles. The van der Waals surface area contributed by atoms with Crippen LogP contribution in [0.1, 0.15) is 47.0 Å². The van der Waals surface area contributed by atoms with Gasteiger partial charge >= 0.3 is 6.09 Å². The Morgan fingerprint density at radius 1 is 1.56 bits per heavy atom. The third-order valence-electron chi connectivity index (χ3n) is 2.80. The molecular formula is C13H24N2O3. The molecule has 0 aromatic heterocycles. The number of alkyl carbamates (subject to hydrolysis) is 1. The first-order chi connectivity index (χ1) is 8.28. The van der Waals surface area contributed by atoms with Crippen molar-refractivity contribution in [1.82, 2.24) is 10.6 Å². The summed E-state index contributed by atoms with van der Waals surface area (Å²) in [5, 5.41) is 5.61. The highest BCUT2D eigenvalue weighted by Crippen LogP contribution is 2.17. The number of hydrogen-bond acceptors (Lipinski definition) is 3. The number of nitrogens with one attached hydrogen (secondary N) is 2. The van der Waals surface area contributed by atoms with Crippen molar-refractivity contribution in [1.29, 1.82) is 0 Å². The van der Waals surface area contributed by atoms with E-state index in [1.807, 2.05) is 27.7 Å². The number of amides is 2. The predicted molar refractivity (Wildman–Crippen MR) is 69.2 cm³/mol. The molecule has 0 aromatic rings. The molecule has 0 bridgehead atoms. The molecule has 5 heteroatoms. The Bertz CT molecular complexity index is 310. The Hall–Kier alpha value is -1.26. The zero-order valence-corrected chi connectivity index (χ0v) is 11.7. The standard InChI is InChI=1S/C13H24N2O3/c1-9(15-12(17)18-13(2,3)4)8-10-6-5-7-14-11(10)16/h9-10H,5-8H2,1-4H3,(H,14,16)(H,15,17). The average molecular weight is 256 g/mol. The van der Waals surface area contributed by atoms with Gasteiger partial charge in [-0.1, -0.05) is 0 Å². The highest BCUT2D eigenvalue weighted by Gasteiger charge is 2.25. The van der Waals surface area contributed by atoms with E-state index in [0.717, 1.165) is 19.4 Å². The monoisotopic (exact) mass is 256 g/mol. The first-order valence-corrected chi connectivity index (χ1v) is 6.55. The Morgan fingerprint density at radius 2 is 2.22 bits per heavy atom. The van der Waals surface area contributed by atoms with Crippen LogP contribution in [-0.2, 0) is 9.53 Å². The van der Waals surface area contributed by atoms with Gasteiger partial charge in [-0.2, -0.15) is 0 Å². The fourth-order valence-electron chi connectivity index (χ4n) is 2.05. The second-order valence-electron chi connectivity index (χ2n) is 5.91. The normalized spacial score (nSPS) is 22.0. The summed E-state index contributed by atoms with van der Waals surface area (Å²) in [6.07, 6.45) is 2.14. The lowest BCUT2D eigenvalue weighted by molar-refractivity contribution is -0.127. The highest BCUT2D eigenvalue weighted by molar-refractivity contribution is 5.79. The predicted octanol–water partition coefficient (Wildman–Crippen LogP) is 1.82. The van der Waals surface area contributed by atoms with E-state index in [4.69, 9.17) is 4.74 Å². The van der Waals surface area contributed by atoms with Crippen LogP contribution < -0.4 is 10.6 Å². The van der Waals surface area contributed by atoms with Crippen LogP contribution in [-0.4, -0.2) is 30.2 Å². The van der Waals surface area contributed by atoms with Crippen molar-refractivity contribution >= 4 is 12.0 Å². The van der Waals surface area contributed by atoms with Crippen LogP contribution in [0.3, 0.4) is 0 Å². The molecule has 0 aromatic carbocycles. The smallest absolute Gasteiger partial charge is 0.407 e. The van der Waals surface area contributed by atoms with Crippen molar-refractivity contribution in [3.8, 4) is 0 Å². The van der Waals surface area contributed by atoms with E-state index in [0.29, 0.717) is 6.42 Å². The molecule has 1 aliphatic rings. The lowest BCUT2D eigenvalue weighted by atomic mass is 9.92. The lowest BCUT2D eigenvalue weighted by Gasteiger charge is -2.26. The summed E-state index contributed by atoms with van der Waals surface area (Å²) in [6.45, 7) is 8.14. The third kappa shape index (κ3) is 5.38. The van der Waals surface area contributed by atoms with Crippen molar-refractivity contribution in [2.24, 2.45) is 5.92 Å². The zero-order chi connectivity index (χ0) is 13.8. The van der Waals surface area contributed by atoms with Crippen molar-refractivity contribution in [3.63, 3.8) is 0 Å². The van der Waals surface area contributed by atoms with Crippen LogP contribution in [0.5, 0.6) is 0 Å².